The number of nitrogens with one attached hydrogen (secondary N) is 1. The Hall–Kier alpha value is -1.26. The molecule has 4 nitrogen and oxygen atoms in total. The summed E-state index contributed by atoms with van der Waals surface area (Å²) >= 11 is 12.4. The summed E-state index contributed by atoms with van der Waals surface area (Å²) < 4.78 is 0. The highest BCUT2D eigenvalue weighted by Gasteiger charge is 2.55. The molecule has 1 N–H and O–H groups in total. The van der Waals surface area contributed by atoms with Crippen molar-refractivity contribution in [3.63, 3.8) is 0 Å². The second-order valence-electron chi connectivity index (χ2n) is 5.89. The standard InChI is InChI=1S/C15H16Cl2N2O2/c1-8-13(20)18-15(2,9-6-7-9)14(21)19(8)12-10(16)4-3-5-11(12)17/h3-5,8-9H,6-7H2,1-2H3,(H,18,20). The number of nitrogens with zero attached hydrogens (tertiary/aromatic N) is 1. The van der Waals surface area contributed by atoms with Crippen LogP contribution < -0.4 is 10.2 Å². The quantitative estimate of drug-likeness (QED) is 0.908. The number of benzene rings is 1. The first-order valence-corrected chi connectivity index (χ1v) is 7.71. The SMILES string of the molecule is CC1C(=O)NC(C)(C2CC2)C(=O)N1c1c(Cl)cccc1Cl. The Kier molecular flexibility index (Phi) is 3.41. The van der Waals surface area contributed by atoms with Crippen LogP contribution in [0.15, 0.2) is 18.2 Å². The molecule has 1 aromatic rings. The zero-order valence-electron chi connectivity index (χ0n) is 11.8. The van der Waals surface area contributed by atoms with Crippen molar-refractivity contribution < 1.29 is 9.59 Å². The molecular weight excluding hydrogens is 311 g/mol. The van der Waals surface area contributed by atoms with Gasteiger partial charge in [-0.1, -0.05) is 29.3 Å². The van der Waals surface area contributed by atoms with Gasteiger partial charge in [0.2, 0.25) is 5.91 Å². The molecule has 21 heavy (non-hydrogen) atoms. The first kappa shape index (κ1) is 14.7. The van der Waals surface area contributed by atoms with Gasteiger partial charge < -0.3 is 5.32 Å². The van der Waals surface area contributed by atoms with Gasteiger partial charge in [0.1, 0.15) is 11.6 Å². The van der Waals surface area contributed by atoms with E-state index in [9.17, 15) is 9.59 Å². The molecule has 1 heterocycles. The molecule has 112 valence electrons. The number of amides is 2. The fourth-order valence-electron chi connectivity index (χ4n) is 2.91. The van der Waals surface area contributed by atoms with Crippen LogP contribution in [0.5, 0.6) is 0 Å². The molecule has 1 aromatic carbocycles. The summed E-state index contributed by atoms with van der Waals surface area (Å²) in [7, 11) is 0. The highest BCUT2D eigenvalue weighted by atomic mass is 35.5. The third-order valence-electron chi connectivity index (χ3n) is 4.38. The fraction of sp³-hybridized carbons (Fsp3) is 0.467. The third kappa shape index (κ3) is 2.21. The Morgan fingerprint density at radius 3 is 2.33 bits per heavy atom. The molecule has 0 bridgehead atoms. The second kappa shape index (κ2) is 4.89. The van der Waals surface area contributed by atoms with Crippen LogP contribution in [0.1, 0.15) is 26.7 Å². The highest BCUT2D eigenvalue weighted by molar-refractivity contribution is 6.40. The van der Waals surface area contributed by atoms with E-state index in [-0.39, 0.29) is 17.7 Å². The molecule has 1 aliphatic carbocycles. The van der Waals surface area contributed by atoms with E-state index in [2.05, 4.69) is 5.32 Å². The van der Waals surface area contributed by atoms with Gasteiger partial charge in [0.15, 0.2) is 0 Å². The molecule has 2 amide bonds. The maximum absolute atomic E-state index is 13.0. The molecule has 2 unspecified atom stereocenters. The van der Waals surface area contributed by atoms with Crippen LogP contribution >= 0.6 is 23.2 Å². The maximum Gasteiger partial charge on any atom is 0.253 e. The maximum atomic E-state index is 13.0. The molecule has 6 heteroatoms. The lowest BCUT2D eigenvalue weighted by Gasteiger charge is -2.44. The monoisotopic (exact) mass is 326 g/mol. The third-order valence-corrected chi connectivity index (χ3v) is 4.99. The summed E-state index contributed by atoms with van der Waals surface area (Å²) in [5.41, 5.74) is -0.452. The van der Waals surface area contributed by atoms with Crippen molar-refractivity contribution in [2.45, 2.75) is 38.3 Å². The largest absolute Gasteiger partial charge is 0.340 e. The highest BCUT2D eigenvalue weighted by Crippen LogP contribution is 2.45. The summed E-state index contributed by atoms with van der Waals surface area (Å²) in [4.78, 5) is 26.7. The minimum Gasteiger partial charge on any atom is -0.340 e. The van der Waals surface area contributed by atoms with Gasteiger partial charge in [-0.25, -0.2) is 0 Å². The molecular formula is C15H16Cl2N2O2. The molecule has 1 saturated carbocycles. The van der Waals surface area contributed by atoms with Crippen LogP contribution in [0.25, 0.3) is 0 Å². The van der Waals surface area contributed by atoms with E-state index in [1.807, 2.05) is 0 Å². The van der Waals surface area contributed by atoms with E-state index in [1.165, 1.54) is 4.90 Å². The number of halogens is 2. The van der Waals surface area contributed by atoms with E-state index in [4.69, 9.17) is 23.2 Å². The van der Waals surface area contributed by atoms with E-state index in [0.29, 0.717) is 15.7 Å². The van der Waals surface area contributed by atoms with Gasteiger partial charge in [-0.15, -0.1) is 0 Å². The zero-order chi connectivity index (χ0) is 15.4. The molecule has 0 aromatic heterocycles. The van der Waals surface area contributed by atoms with Crippen molar-refractivity contribution in [2.75, 3.05) is 4.90 Å². The number of anilines is 1. The molecule has 3 rings (SSSR count). The topological polar surface area (TPSA) is 49.4 Å². The molecule has 0 spiro atoms. The average Bonchev–Trinajstić information content (AvgIpc) is 3.24. The first-order chi connectivity index (χ1) is 9.86. The van der Waals surface area contributed by atoms with Gasteiger partial charge in [0.05, 0.1) is 15.7 Å². The molecule has 1 saturated heterocycles. The molecule has 0 radical (unpaired) electrons. The number of rotatable bonds is 2. The van der Waals surface area contributed by atoms with Gasteiger partial charge in [-0.3, -0.25) is 14.5 Å². The number of hydrogen-bond acceptors (Lipinski definition) is 2. The van der Waals surface area contributed by atoms with Gasteiger partial charge in [0, 0.05) is 0 Å². The number of piperazine rings is 1. The summed E-state index contributed by atoms with van der Waals surface area (Å²) in [6.07, 6.45) is 1.89. The first-order valence-electron chi connectivity index (χ1n) is 6.96. The van der Waals surface area contributed by atoms with Gasteiger partial charge in [-0.05, 0) is 44.7 Å². The van der Waals surface area contributed by atoms with Crippen molar-refractivity contribution in [3.8, 4) is 0 Å². The number of hydrogen-bond donors (Lipinski definition) is 1. The van der Waals surface area contributed by atoms with Crippen molar-refractivity contribution in [2.24, 2.45) is 5.92 Å². The smallest absolute Gasteiger partial charge is 0.253 e. The van der Waals surface area contributed by atoms with Crippen LogP contribution in [0, 0.1) is 5.92 Å². The lowest BCUT2D eigenvalue weighted by Crippen LogP contribution is -2.70. The Morgan fingerprint density at radius 2 is 1.81 bits per heavy atom. The van der Waals surface area contributed by atoms with E-state index in [1.54, 1.807) is 32.0 Å². The summed E-state index contributed by atoms with van der Waals surface area (Å²) in [5, 5.41) is 3.62. The predicted octanol–water partition coefficient (Wildman–Crippen LogP) is 3.01. The van der Waals surface area contributed by atoms with E-state index in [0.717, 1.165) is 12.8 Å². The van der Waals surface area contributed by atoms with Crippen molar-refractivity contribution >= 4 is 40.7 Å². The normalized spacial score (nSPS) is 29.5. The van der Waals surface area contributed by atoms with Gasteiger partial charge in [0.25, 0.3) is 5.91 Å². The minimum absolute atomic E-state index is 0.146. The molecule has 1 aliphatic heterocycles. The number of carbonyl (C=O) groups is 2. The predicted molar refractivity (Wildman–Crippen MR) is 82.7 cm³/mol. The summed E-state index contributed by atoms with van der Waals surface area (Å²) in [5.74, 6) is -0.141. The Morgan fingerprint density at radius 1 is 1.24 bits per heavy atom. The zero-order valence-corrected chi connectivity index (χ0v) is 13.3. The Labute approximate surface area is 133 Å². The van der Waals surface area contributed by atoms with Crippen LogP contribution in [-0.4, -0.2) is 23.4 Å². The number of carbonyl (C=O) groups excluding carboxylic acids is 2. The minimum atomic E-state index is -0.869. The van der Waals surface area contributed by atoms with Crippen LogP contribution in [0.4, 0.5) is 5.69 Å². The lowest BCUT2D eigenvalue weighted by atomic mass is 9.89. The lowest BCUT2D eigenvalue weighted by molar-refractivity contribution is -0.138. The second-order valence-corrected chi connectivity index (χ2v) is 6.70. The van der Waals surface area contributed by atoms with Crippen LogP contribution in [-0.2, 0) is 9.59 Å². The average molecular weight is 327 g/mol. The summed E-state index contributed by atoms with van der Waals surface area (Å²) in [6.45, 7) is 3.47. The summed E-state index contributed by atoms with van der Waals surface area (Å²) in [6, 6.07) is 4.42. The van der Waals surface area contributed by atoms with Crippen LogP contribution in [0.2, 0.25) is 10.0 Å². The molecule has 2 aliphatic rings. The van der Waals surface area contributed by atoms with Crippen molar-refractivity contribution in [3.05, 3.63) is 28.2 Å². The Balaban J connectivity index is 2.10. The molecule has 2 fully saturated rings. The van der Waals surface area contributed by atoms with Gasteiger partial charge >= 0.3 is 0 Å². The number of para-hydroxylation sites is 1. The Bertz CT molecular complexity index is 610. The van der Waals surface area contributed by atoms with Crippen molar-refractivity contribution in [1.29, 1.82) is 0 Å². The van der Waals surface area contributed by atoms with Crippen LogP contribution in [0.3, 0.4) is 0 Å². The van der Waals surface area contributed by atoms with E-state index >= 15 is 0 Å². The van der Waals surface area contributed by atoms with Gasteiger partial charge in [-0.2, -0.15) is 0 Å². The molecule has 2 atom stereocenters. The van der Waals surface area contributed by atoms with Crippen molar-refractivity contribution in [1.82, 2.24) is 5.32 Å². The fourth-order valence-corrected chi connectivity index (χ4v) is 3.49. The van der Waals surface area contributed by atoms with E-state index < -0.39 is 11.6 Å².